The molecule has 0 heterocycles. The molecule has 0 saturated carbocycles. The summed E-state index contributed by atoms with van der Waals surface area (Å²) in [5, 5.41) is 10.8. The number of benzene rings is 2. The molecule has 0 N–H and O–H groups in total. The summed E-state index contributed by atoms with van der Waals surface area (Å²) in [4.78, 5) is 21.6. The minimum atomic E-state index is -4.40. The van der Waals surface area contributed by atoms with Gasteiger partial charge >= 0.3 is 5.97 Å². The van der Waals surface area contributed by atoms with E-state index in [1.54, 1.807) is 12.1 Å². The first-order valence-corrected chi connectivity index (χ1v) is 8.55. The van der Waals surface area contributed by atoms with Crippen LogP contribution in [0, 0.1) is 10.1 Å². The van der Waals surface area contributed by atoms with Crippen molar-refractivity contribution < 1.29 is 27.1 Å². The number of methoxy groups -OCH3 is 1. The van der Waals surface area contributed by atoms with Gasteiger partial charge in [0.15, 0.2) is 0 Å². The summed E-state index contributed by atoms with van der Waals surface area (Å²) in [5.41, 5.74) is -0.170. The molecule has 0 amide bonds. The van der Waals surface area contributed by atoms with Crippen LogP contribution in [-0.2, 0) is 23.8 Å². The van der Waals surface area contributed by atoms with Crippen LogP contribution in [0.25, 0.3) is 0 Å². The molecule has 2 aromatic carbocycles. The van der Waals surface area contributed by atoms with Crippen molar-refractivity contribution in [3.8, 4) is 0 Å². The molecule has 8 nitrogen and oxygen atoms in total. The second-order valence-electron chi connectivity index (χ2n) is 4.73. The number of halogens is 1. The molecule has 0 aliphatic rings. The summed E-state index contributed by atoms with van der Waals surface area (Å²) < 4.78 is 34.3. The van der Waals surface area contributed by atoms with Gasteiger partial charge in [0.25, 0.3) is 15.8 Å². The Morgan fingerprint density at radius 3 is 2.28 bits per heavy atom. The van der Waals surface area contributed by atoms with Crippen molar-refractivity contribution in [1.82, 2.24) is 0 Å². The second-order valence-corrected chi connectivity index (χ2v) is 6.71. The fraction of sp³-hybridized carbons (Fsp3) is 0.133. The van der Waals surface area contributed by atoms with Gasteiger partial charge in [-0.25, -0.2) is 8.98 Å². The van der Waals surface area contributed by atoms with Crippen LogP contribution in [0.15, 0.2) is 53.4 Å². The number of hydrogen-bond acceptors (Lipinski definition) is 7. The van der Waals surface area contributed by atoms with Crippen LogP contribution in [0.3, 0.4) is 0 Å². The van der Waals surface area contributed by atoms with Gasteiger partial charge in [-0.15, -0.1) is 0 Å². The number of esters is 1. The highest BCUT2D eigenvalue weighted by molar-refractivity contribution is 7.86. The van der Waals surface area contributed by atoms with Crippen LogP contribution < -0.4 is 0 Å². The molecule has 0 saturated heterocycles. The molecule has 0 bridgehead atoms. The maximum absolute atomic E-state index is 12.4. The van der Waals surface area contributed by atoms with Gasteiger partial charge in [-0.1, -0.05) is 29.8 Å². The summed E-state index contributed by atoms with van der Waals surface area (Å²) >= 11 is 5.99. The Morgan fingerprint density at radius 1 is 1.16 bits per heavy atom. The van der Waals surface area contributed by atoms with Crippen molar-refractivity contribution in [2.45, 2.75) is 11.0 Å². The summed E-state index contributed by atoms with van der Waals surface area (Å²) in [6, 6.07) is 10.1. The molecule has 1 atom stereocenters. The molecule has 0 aromatic heterocycles. The van der Waals surface area contributed by atoms with Crippen LogP contribution >= 0.6 is 11.6 Å². The lowest BCUT2D eigenvalue weighted by molar-refractivity contribution is -0.384. The van der Waals surface area contributed by atoms with Gasteiger partial charge in [-0.3, -0.25) is 10.1 Å². The fourth-order valence-corrected chi connectivity index (χ4v) is 3.18. The maximum Gasteiger partial charge on any atom is 0.341 e. The topological polar surface area (TPSA) is 113 Å². The Kier molecular flexibility index (Phi) is 5.73. The summed E-state index contributed by atoms with van der Waals surface area (Å²) in [6.45, 7) is 0. The first-order chi connectivity index (χ1) is 11.8. The van der Waals surface area contributed by atoms with Crippen LogP contribution in [0.2, 0.25) is 5.02 Å². The summed E-state index contributed by atoms with van der Waals surface area (Å²) in [5.74, 6) is -0.960. The Balaban J connectivity index is 2.39. The number of carbonyl (C=O) groups is 1. The lowest BCUT2D eigenvalue weighted by Crippen LogP contribution is -2.21. The third-order valence-corrected chi connectivity index (χ3v) is 4.80. The smallest absolute Gasteiger partial charge is 0.341 e. The molecule has 0 aliphatic heterocycles. The minimum Gasteiger partial charge on any atom is -0.467 e. The number of ether oxygens (including phenoxy) is 1. The number of hydrogen-bond donors (Lipinski definition) is 0. The third kappa shape index (κ3) is 4.32. The standard InChI is InChI=1S/C15H12ClNO7S/c1-23-15(18)14(12-4-2-3-5-13(12)16)24-25(21,22)11-8-6-10(7-9-11)17(19)20/h2-9,14H,1H3/t14-/m0/s1. The number of rotatable bonds is 6. The molecule has 0 spiro atoms. The van der Waals surface area contributed by atoms with Gasteiger partial charge in [0.05, 0.1) is 16.9 Å². The highest BCUT2D eigenvalue weighted by Crippen LogP contribution is 2.30. The predicted molar refractivity (Wildman–Crippen MR) is 87.6 cm³/mol. The quantitative estimate of drug-likeness (QED) is 0.325. The highest BCUT2D eigenvalue weighted by Gasteiger charge is 2.31. The first-order valence-electron chi connectivity index (χ1n) is 6.76. The van der Waals surface area contributed by atoms with E-state index >= 15 is 0 Å². The minimum absolute atomic E-state index is 0.113. The lowest BCUT2D eigenvalue weighted by atomic mass is 10.1. The molecule has 2 rings (SSSR count). The average Bonchev–Trinajstić information content (AvgIpc) is 2.60. The van der Waals surface area contributed by atoms with Gasteiger partial charge in [-0.05, 0) is 18.2 Å². The number of carbonyl (C=O) groups excluding carboxylic acids is 1. The average molecular weight is 386 g/mol. The van der Waals surface area contributed by atoms with Crippen LogP contribution in [-0.4, -0.2) is 26.4 Å². The van der Waals surface area contributed by atoms with Crippen molar-refractivity contribution in [1.29, 1.82) is 0 Å². The number of nitro benzene ring substituents is 1. The third-order valence-electron chi connectivity index (χ3n) is 3.16. The molecule has 0 aliphatic carbocycles. The fourth-order valence-electron chi connectivity index (χ4n) is 1.93. The van der Waals surface area contributed by atoms with E-state index in [0.717, 1.165) is 31.4 Å². The van der Waals surface area contributed by atoms with Gasteiger partial charge in [0, 0.05) is 22.7 Å². The van der Waals surface area contributed by atoms with E-state index < -0.39 is 27.1 Å². The molecule has 0 fully saturated rings. The van der Waals surface area contributed by atoms with E-state index in [1.165, 1.54) is 12.1 Å². The van der Waals surface area contributed by atoms with Gasteiger partial charge in [0.1, 0.15) is 0 Å². The van der Waals surface area contributed by atoms with E-state index in [9.17, 15) is 23.3 Å². The molecule has 10 heteroatoms. The summed E-state index contributed by atoms with van der Waals surface area (Å²) in [7, 11) is -3.33. The molecule has 25 heavy (non-hydrogen) atoms. The monoisotopic (exact) mass is 385 g/mol. The maximum atomic E-state index is 12.4. The Labute approximate surface area is 148 Å². The molecule has 0 radical (unpaired) electrons. The van der Waals surface area contributed by atoms with Crippen molar-refractivity contribution in [2.24, 2.45) is 0 Å². The van der Waals surface area contributed by atoms with E-state index in [4.69, 9.17) is 15.8 Å². The highest BCUT2D eigenvalue weighted by atomic mass is 35.5. The van der Waals surface area contributed by atoms with E-state index in [1.807, 2.05) is 0 Å². The zero-order chi connectivity index (χ0) is 18.6. The van der Waals surface area contributed by atoms with E-state index in [0.29, 0.717) is 0 Å². The SMILES string of the molecule is COC(=O)[C@@H](OS(=O)(=O)c1ccc([N+](=O)[O-])cc1)c1ccccc1Cl. The Hall–Kier alpha value is -2.49. The second kappa shape index (κ2) is 7.60. The van der Waals surface area contributed by atoms with E-state index in [-0.39, 0.29) is 21.2 Å². The Morgan fingerprint density at radius 2 is 1.76 bits per heavy atom. The molecule has 0 unspecified atom stereocenters. The summed E-state index contributed by atoms with van der Waals surface area (Å²) in [6.07, 6.45) is -1.61. The largest absolute Gasteiger partial charge is 0.467 e. The zero-order valence-corrected chi connectivity index (χ0v) is 14.4. The Bertz CT molecular complexity index is 896. The first kappa shape index (κ1) is 18.8. The van der Waals surface area contributed by atoms with Crippen molar-refractivity contribution in [3.05, 3.63) is 69.2 Å². The van der Waals surface area contributed by atoms with Gasteiger partial charge in [-0.2, -0.15) is 8.42 Å². The van der Waals surface area contributed by atoms with E-state index in [2.05, 4.69) is 4.74 Å². The normalized spacial score (nSPS) is 12.4. The predicted octanol–water partition coefficient (Wildman–Crippen LogP) is 2.87. The van der Waals surface area contributed by atoms with Gasteiger partial charge in [0.2, 0.25) is 6.10 Å². The molecule has 2 aromatic rings. The molecular weight excluding hydrogens is 374 g/mol. The van der Waals surface area contributed by atoms with Crippen molar-refractivity contribution in [3.63, 3.8) is 0 Å². The van der Waals surface area contributed by atoms with Gasteiger partial charge < -0.3 is 4.74 Å². The van der Waals surface area contributed by atoms with Crippen LogP contribution in [0.4, 0.5) is 5.69 Å². The van der Waals surface area contributed by atoms with Crippen LogP contribution in [0.5, 0.6) is 0 Å². The van der Waals surface area contributed by atoms with Crippen LogP contribution in [0.1, 0.15) is 11.7 Å². The lowest BCUT2D eigenvalue weighted by Gasteiger charge is -2.16. The molecule has 132 valence electrons. The number of nitrogens with zero attached hydrogens (tertiary/aromatic N) is 1. The van der Waals surface area contributed by atoms with Crippen molar-refractivity contribution in [2.75, 3.05) is 7.11 Å². The number of nitro groups is 1. The molecular formula is C15H12ClNO7S. The number of non-ortho nitro benzene ring substituents is 1. The zero-order valence-electron chi connectivity index (χ0n) is 12.8. The van der Waals surface area contributed by atoms with Crippen molar-refractivity contribution >= 4 is 33.4 Å².